The molecule has 1 aliphatic heterocycles. The number of ether oxygens (including phenoxy) is 1. The van der Waals surface area contributed by atoms with Gasteiger partial charge in [-0.15, -0.1) is 11.6 Å². The molecule has 2 rings (SSSR count). The number of nitrogens with one attached hydrogen (secondary N) is 1. The fourth-order valence-electron chi connectivity index (χ4n) is 3.60. The molecule has 0 aromatic carbocycles. The van der Waals surface area contributed by atoms with E-state index in [4.69, 9.17) is 16.3 Å². The molecule has 1 heterocycles. The molecule has 2 unspecified atom stereocenters. The molecule has 1 aliphatic carbocycles. The Bertz CT molecular complexity index is 263. The molecule has 2 fully saturated rings. The highest BCUT2D eigenvalue weighted by molar-refractivity contribution is 6.20. The van der Waals surface area contributed by atoms with Crippen LogP contribution >= 0.6 is 11.6 Å². The van der Waals surface area contributed by atoms with Gasteiger partial charge in [0.2, 0.25) is 0 Å². The summed E-state index contributed by atoms with van der Waals surface area (Å²) in [5, 5.41) is 3.75. The third kappa shape index (κ3) is 4.91. The van der Waals surface area contributed by atoms with Crippen molar-refractivity contribution >= 4 is 11.6 Å². The summed E-state index contributed by atoms with van der Waals surface area (Å²) in [5.41, 5.74) is 0.253. The van der Waals surface area contributed by atoms with Crippen LogP contribution in [0.15, 0.2) is 0 Å². The lowest BCUT2D eigenvalue weighted by Crippen LogP contribution is -2.36. The van der Waals surface area contributed by atoms with Crippen LogP contribution in [0.1, 0.15) is 65.2 Å². The van der Waals surface area contributed by atoms with Crippen LogP contribution in [0.4, 0.5) is 0 Å². The molecule has 1 saturated heterocycles. The Morgan fingerprint density at radius 2 is 1.95 bits per heavy atom. The summed E-state index contributed by atoms with van der Waals surface area (Å²) in [7, 11) is 0. The van der Waals surface area contributed by atoms with Gasteiger partial charge in [-0.05, 0) is 38.0 Å². The predicted molar refractivity (Wildman–Crippen MR) is 81.9 cm³/mol. The van der Waals surface area contributed by atoms with Crippen LogP contribution in [-0.4, -0.2) is 30.2 Å². The van der Waals surface area contributed by atoms with E-state index in [1.54, 1.807) is 0 Å². The first-order valence-electron chi connectivity index (χ1n) is 8.12. The zero-order valence-electron chi connectivity index (χ0n) is 12.6. The van der Waals surface area contributed by atoms with E-state index >= 15 is 0 Å². The number of halogens is 1. The second-order valence-electron chi connectivity index (χ2n) is 6.91. The van der Waals surface area contributed by atoms with Crippen LogP contribution in [-0.2, 0) is 4.74 Å². The third-order valence-electron chi connectivity index (χ3n) is 4.57. The molecular weight excluding hydrogens is 258 g/mol. The van der Waals surface area contributed by atoms with Crippen LogP contribution in [0.5, 0.6) is 0 Å². The van der Waals surface area contributed by atoms with Gasteiger partial charge in [-0.25, -0.2) is 0 Å². The molecule has 2 aliphatic rings. The molecule has 1 spiro atoms. The van der Waals surface area contributed by atoms with Crippen molar-refractivity contribution in [3.05, 3.63) is 0 Å². The maximum absolute atomic E-state index is 6.35. The third-order valence-corrected chi connectivity index (χ3v) is 4.90. The summed E-state index contributed by atoms with van der Waals surface area (Å²) >= 11 is 6.30. The quantitative estimate of drug-likeness (QED) is 0.742. The van der Waals surface area contributed by atoms with Gasteiger partial charge in [0.15, 0.2) is 0 Å². The van der Waals surface area contributed by atoms with Gasteiger partial charge in [0.25, 0.3) is 0 Å². The van der Waals surface area contributed by atoms with Gasteiger partial charge in [-0.1, -0.05) is 33.1 Å². The SMILES string of the molecule is CC(C)CC(Cl)CNCC1CCC2(CCCCC2)O1. The summed E-state index contributed by atoms with van der Waals surface area (Å²) in [6.45, 7) is 6.33. The zero-order chi connectivity index (χ0) is 13.7. The van der Waals surface area contributed by atoms with Gasteiger partial charge in [-0.3, -0.25) is 0 Å². The lowest BCUT2D eigenvalue weighted by atomic mass is 9.83. The highest BCUT2D eigenvalue weighted by Crippen LogP contribution is 2.41. The van der Waals surface area contributed by atoms with E-state index in [2.05, 4.69) is 19.2 Å². The topological polar surface area (TPSA) is 21.3 Å². The maximum Gasteiger partial charge on any atom is 0.0708 e. The minimum absolute atomic E-state index is 0.253. The van der Waals surface area contributed by atoms with Crippen LogP contribution < -0.4 is 5.32 Å². The summed E-state index contributed by atoms with van der Waals surface area (Å²) < 4.78 is 6.35. The van der Waals surface area contributed by atoms with Crippen molar-refractivity contribution in [2.75, 3.05) is 13.1 Å². The number of hydrogen-bond donors (Lipinski definition) is 1. The number of rotatable bonds is 6. The molecule has 0 bridgehead atoms. The molecule has 3 heteroatoms. The number of alkyl halides is 1. The zero-order valence-corrected chi connectivity index (χ0v) is 13.3. The molecule has 0 aromatic heterocycles. The predicted octanol–water partition coefficient (Wildman–Crippen LogP) is 4.11. The summed E-state index contributed by atoms with van der Waals surface area (Å²) in [5.74, 6) is 0.678. The van der Waals surface area contributed by atoms with Crippen molar-refractivity contribution in [1.82, 2.24) is 5.32 Å². The van der Waals surface area contributed by atoms with Gasteiger partial charge >= 0.3 is 0 Å². The van der Waals surface area contributed by atoms with Crippen molar-refractivity contribution < 1.29 is 4.74 Å². The fraction of sp³-hybridized carbons (Fsp3) is 1.00. The lowest BCUT2D eigenvalue weighted by molar-refractivity contribution is -0.0622. The van der Waals surface area contributed by atoms with Crippen molar-refractivity contribution in [2.45, 2.75) is 82.3 Å². The van der Waals surface area contributed by atoms with Crippen LogP contribution in [0, 0.1) is 5.92 Å². The summed E-state index contributed by atoms with van der Waals surface area (Å²) in [6, 6.07) is 0. The van der Waals surface area contributed by atoms with E-state index in [1.165, 1.54) is 44.9 Å². The second kappa shape index (κ2) is 7.28. The molecule has 1 saturated carbocycles. The van der Waals surface area contributed by atoms with Crippen molar-refractivity contribution in [3.63, 3.8) is 0 Å². The molecule has 19 heavy (non-hydrogen) atoms. The van der Waals surface area contributed by atoms with Gasteiger partial charge in [-0.2, -0.15) is 0 Å². The van der Waals surface area contributed by atoms with Crippen molar-refractivity contribution in [3.8, 4) is 0 Å². The lowest BCUT2D eigenvalue weighted by Gasteiger charge is -2.33. The fourth-order valence-corrected chi connectivity index (χ4v) is 4.06. The molecule has 112 valence electrons. The highest BCUT2D eigenvalue weighted by atomic mass is 35.5. The molecule has 0 amide bonds. The first-order valence-corrected chi connectivity index (χ1v) is 8.56. The molecule has 2 atom stereocenters. The van der Waals surface area contributed by atoms with Crippen molar-refractivity contribution in [1.29, 1.82) is 0 Å². The van der Waals surface area contributed by atoms with Crippen LogP contribution in [0.3, 0.4) is 0 Å². The van der Waals surface area contributed by atoms with Gasteiger partial charge in [0.1, 0.15) is 0 Å². The summed E-state index contributed by atoms with van der Waals surface area (Å²) in [6.07, 6.45) is 10.7. The average molecular weight is 288 g/mol. The Labute approximate surface area is 123 Å². The standard InChI is InChI=1S/C16H30ClNO/c1-13(2)10-14(17)11-18-12-15-6-9-16(19-15)7-4-3-5-8-16/h13-15,18H,3-12H2,1-2H3. The van der Waals surface area contributed by atoms with E-state index in [9.17, 15) is 0 Å². The second-order valence-corrected chi connectivity index (χ2v) is 7.52. The van der Waals surface area contributed by atoms with Crippen LogP contribution in [0.25, 0.3) is 0 Å². The summed E-state index contributed by atoms with van der Waals surface area (Å²) in [4.78, 5) is 0. The highest BCUT2D eigenvalue weighted by Gasteiger charge is 2.40. The van der Waals surface area contributed by atoms with E-state index in [0.29, 0.717) is 12.0 Å². The Balaban J connectivity index is 1.62. The molecular formula is C16H30ClNO. The van der Waals surface area contributed by atoms with E-state index in [-0.39, 0.29) is 11.0 Å². The molecule has 2 nitrogen and oxygen atoms in total. The normalized spacial score (nSPS) is 28.1. The van der Waals surface area contributed by atoms with E-state index in [1.807, 2.05) is 0 Å². The van der Waals surface area contributed by atoms with Gasteiger partial charge < -0.3 is 10.1 Å². The Hall–Kier alpha value is 0.210. The monoisotopic (exact) mass is 287 g/mol. The first kappa shape index (κ1) is 15.6. The first-order chi connectivity index (χ1) is 9.10. The van der Waals surface area contributed by atoms with Gasteiger partial charge in [0, 0.05) is 18.5 Å². The van der Waals surface area contributed by atoms with Gasteiger partial charge in [0.05, 0.1) is 11.7 Å². The smallest absolute Gasteiger partial charge is 0.0708 e. The number of hydrogen-bond acceptors (Lipinski definition) is 2. The van der Waals surface area contributed by atoms with E-state index in [0.717, 1.165) is 19.5 Å². The van der Waals surface area contributed by atoms with E-state index < -0.39 is 0 Å². The minimum atomic E-state index is 0.253. The van der Waals surface area contributed by atoms with Crippen molar-refractivity contribution in [2.24, 2.45) is 5.92 Å². The average Bonchev–Trinajstić information content (AvgIpc) is 2.72. The largest absolute Gasteiger partial charge is 0.370 e. The Morgan fingerprint density at radius 3 is 2.63 bits per heavy atom. The molecule has 1 N–H and O–H groups in total. The molecule has 0 radical (unpaired) electrons. The Morgan fingerprint density at radius 1 is 1.21 bits per heavy atom. The minimum Gasteiger partial charge on any atom is -0.370 e. The van der Waals surface area contributed by atoms with Crippen LogP contribution in [0.2, 0.25) is 0 Å². The maximum atomic E-state index is 6.35. The molecule has 0 aromatic rings. The Kier molecular flexibility index (Phi) is 5.98.